The predicted molar refractivity (Wildman–Crippen MR) is 72.3 cm³/mol. The topological polar surface area (TPSA) is 12.0 Å². The minimum atomic E-state index is 0.430. The number of halogens is 1. The zero-order valence-corrected chi connectivity index (χ0v) is 11.6. The van der Waals surface area contributed by atoms with Crippen LogP contribution in [0.25, 0.3) is 0 Å². The standard InChI is InChI=1S/C13H20ClNS/c1-9-3-4-11(5-9)7-15-10(2)12-6-13(14)16-8-12/h6,8-11,15H,3-5,7H2,1-2H3. The normalized spacial score (nSPS) is 27.2. The summed E-state index contributed by atoms with van der Waals surface area (Å²) < 4.78 is 0.887. The largest absolute Gasteiger partial charge is 0.310 e. The first-order valence-corrected chi connectivity index (χ1v) is 7.38. The maximum absolute atomic E-state index is 5.94. The summed E-state index contributed by atoms with van der Waals surface area (Å²) in [5.41, 5.74) is 1.32. The van der Waals surface area contributed by atoms with Gasteiger partial charge in [0.2, 0.25) is 0 Å². The van der Waals surface area contributed by atoms with Crippen molar-refractivity contribution in [3.05, 3.63) is 21.3 Å². The zero-order chi connectivity index (χ0) is 11.5. The smallest absolute Gasteiger partial charge is 0.0931 e. The fourth-order valence-electron chi connectivity index (χ4n) is 2.52. The lowest BCUT2D eigenvalue weighted by Crippen LogP contribution is -2.24. The van der Waals surface area contributed by atoms with Crippen LogP contribution in [0.1, 0.15) is 44.7 Å². The molecule has 1 N–H and O–H groups in total. The SMILES string of the molecule is CC1CCC(CNC(C)c2csc(Cl)c2)C1. The Kier molecular flexibility index (Phi) is 4.28. The van der Waals surface area contributed by atoms with Gasteiger partial charge in [0.1, 0.15) is 0 Å². The quantitative estimate of drug-likeness (QED) is 0.838. The number of hydrogen-bond donors (Lipinski definition) is 1. The van der Waals surface area contributed by atoms with Gasteiger partial charge < -0.3 is 5.32 Å². The van der Waals surface area contributed by atoms with Gasteiger partial charge in [0.05, 0.1) is 4.34 Å². The highest BCUT2D eigenvalue weighted by Crippen LogP contribution is 2.30. The second-order valence-corrected chi connectivity index (χ2v) is 6.64. The molecule has 16 heavy (non-hydrogen) atoms. The molecule has 1 aromatic heterocycles. The molecule has 0 aliphatic heterocycles. The molecule has 0 amide bonds. The van der Waals surface area contributed by atoms with E-state index in [1.54, 1.807) is 11.3 Å². The summed E-state index contributed by atoms with van der Waals surface area (Å²) in [6, 6.07) is 2.50. The van der Waals surface area contributed by atoms with Gasteiger partial charge >= 0.3 is 0 Å². The van der Waals surface area contributed by atoms with E-state index in [2.05, 4.69) is 30.6 Å². The van der Waals surface area contributed by atoms with Crippen molar-refractivity contribution in [2.75, 3.05) is 6.54 Å². The van der Waals surface area contributed by atoms with Crippen molar-refractivity contribution in [1.29, 1.82) is 0 Å². The Morgan fingerprint density at radius 3 is 2.94 bits per heavy atom. The molecular formula is C13H20ClNS. The van der Waals surface area contributed by atoms with Gasteiger partial charge in [0, 0.05) is 6.04 Å². The molecule has 1 fully saturated rings. The third-order valence-electron chi connectivity index (χ3n) is 3.60. The van der Waals surface area contributed by atoms with Crippen molar-refractivity contribution in [2.45, 2.75) is 39.2 Å². The number of nitrogens with one attached hydrogen (secondary N) is 1. The molecule has 3 atom stereocenters. The predicted octanol–water partition coefficient (Wildman–Crippen LogP) is 4.49. The first-order valence-electron chi connectivity index (χ1n) is 6.12. The lowest BCUT2D eigenvalue weighted by atomic mass is 10.1. The summed E-state index contributed by atoms with van der Waals surface area (Å²) in [5, 5.41) is 5.77. The van der Waals surface area contributed by atoms with Crippen LogP contribution in [0, 0.1) is 11.8 Å². The van der Waals surface area contributed by atoms with E-state index in [0.29, 0.717) is 6.04 Å². The van der Waals surface area contributed by atoms with E-state index in [1.807, 2.05) is 0 Å². The summed E-state index contributed by atoms with van der Waals surface area (Å²) in [4.78, 5) is 0. The van der Waals surface area contributed by atoms with Crippen LogP contribution >= 0.6 is 22.9 Å². The van der Waals surface area contributed by atoms with Gasteiger partial charge in [-0.1, -0.05) is 24.9 Å². The van der Waals surface area contributed by atoms with Crippen LogP contribution in [0.5, 0.6) is 0 Å². The average molecular weight is 258 g/mol. The van der Waals surface area contributed by atoms with E-state index in [-0.39, 0.29) is 0 Å². The van der Waals surface area contributed by atoms with Crippen LogP contribution in [0.3, 0.4) is 0 Å². The third kappa shape index (κ3) is 3.22. The molecule has 3 heteroatoms. The minimum Gasteiger partial charge on any atom is -0.310 e. The van der Waals surface area contributed by atoms with Gasteiger partial charge in [-0.3, -0.25) is 0 Å². The highest BCUT2D eigenvalue weighted by atomic mass is 35.5. The van der Waals surface area contributed by atoms with Crippen molar-refractivity contribution in [2.24, 2.45) is 11.8 Å². The highest BCUT2D eigenvalue weighted by Gasteiger charge is 2.21. The van der Waals surface area contributed by atoms with Crippen molar-refractivity contribution in [3.8, 4) is 0 Å². The maximum atomic E-state index is 5.94. The molecule has 1 aromatic rings. The van der Waals surface area contributed by atoms with E-state index in [4.69, 9.17) is 11.6 Å². The molecular weight excluding hydrogens is 238 g/mol. The Hall–Kier alpha value is -0.0500. The minimum absolute atomic E-state index is 0.430. The molecule has 3 unspecified atom stereocenters. The fraction of sp³-hybridized carbons (Fsp3) is 0.692. The Bertz CT molecular complexity index is 336. The lowest BCUT2D eigenvalue weighted by molar-refractivity contribution is 0.440. The van der Waals surface area contributed by atoms with Gasteiger partial charge in [-0.15, -0.1) is 11.3 Å². The second-order valence-electron chi connectivity index (χ2n) is 5.10. The molecule has 0 spiro atoms. The van der Waals surface area contributed by atoms with Gasteiger partial charge in [-0.25, -0.2) is 0 Å². The zero-order valence-electron chi connectivity index (χ0n) is 10.0. The monoisotopic (exact) mass is 257 g/mol. The first-order chi connectivity index (χ1) is 7.65. The summed E-state index contributed by atoms with van der Waals surface area (Å²) in [6.45, 7) is 5.73. The molecule has 90 valence electrons. The Labute approximate surface area is 107 Å². The number of thiophene rings is 1. The fourth-order valence-corrected chi connectivity index (χ4v) is 3.51. The van der Waals surface area contributed by atoms with Crippen LogP contribution in [-0.4, -0.2) is 6.54 Å². The molecule has 0 saturated heterocycles. The number of hydrogen-bond acceptors (Lipinski definition) is 2. The van der Waals surface area contributed by atoms with Crippen LogP contribution in [0.4, 0.5) is 0 Å². The van der Waals surface area contributed by atoms with Gasteiger partial charge in [-0.05, 0) is 55.2 Å². The van der Waals surface area contributed by atoms with Crippen LogP contribution < -0.4 is 5.32 Å². The molecule has 0 radical (unpaired) electrons. The molecule has 1 aliphatic carbocycles. The van der Waals surface area contributed by atoms with Gasteiger partial charge in [-0.2, -0.15) is 0 Å². The Morgan fingerprint density at radius 1 is 1.56 bits per heavy atom. The molecule has 0 aromatic carbocycles. The lowest BCUT2D eigenvalue weighted by Gasteiger charge is -2.16. The van der Waals surface area contributed by atoms with E-state index in [0.717, 1.165) is 22.7 Å². The van der Waals surface area contributed by atoms with Crippen molar-refractivity contribution < 1.29 is 0 Å². The maximum Gasteiger partial charge on any atom is 0.0931 e. The Morgan fingerprint density at radius 2 is 2.38 bits per heavy atom. The van der Waals surface area contributed by atoms with Crippen LogP contribution in [-0.2, 0) is 0 Å². The molecule has 2 rings (SSSR count). The molecule has 1 saturated carbocycles. The van der Waals surface area contributed by atoms with E-state index >= 15 is 0 Å². The third-order valence-corrected chi connectivity index (χ3v) is 4.71. The first kappa shape index (κ1) is 12.4. The Balaban J connectivity index is 1.77. The van der Waals surface area contributed by atoms with Crippen LogP contribution in [0.2, 0.25) is 4.34 Å². The summed E-state index contributed by atoms with van der Waals surface area (Å²) in [5.74, 6) is 1.81. The summed E-state index contributed by atoms with van der Waals surface area (Å²) in [7, 11) is 0. The van der Waals surface area contributed by atoms with E-state index < -0.39 is 0 Å². The van der Waals surface area contributed by atoms with Crippen molar-refractivity contribution in [1.82, 2.24) is 5.32 Å². The number of rotatable bonds is 4. The highest BCUT2D eigenvalue weighted by molar-refractivity contribution is 7.14. The summed E-state index contributed by atoms with van der Waals surface area (Å²) >= 11 is 7.56. The van der Waals surface area contributed by atoms with Crippen molar-refractivity contribution >= 4 is 22.9 Å². The van der Waals surface area contributed by atoms with Gasteiger partial charge in [0.15, 0.2) is 0 Å². The van der Waals surface area contributed by atoms with Gasteiger partial charge in [0.25, 0.3) is 0 Å². The van der Waals surface area contributed by atoms with E-state index in [9.17, 15) is 0 Å². The average Bonchev–Trinajstić information content (AvgIpc) is 2.84. The molecule has 1 heterocycles. The van der Waals surface area contributed by atoms with E-state index in [1.165, 1.54) is 24.8 Å². The summed E-state index contributed by atoms with van der Waals surface area (Å²) in [6.07, 6.45) is 4.19. The second kappa shape index (κ2) is 5.52. The molecule has 1 aliphatic rings. The molecule has 1 nitrogen and oxygen atoms in total. The van der Waals surface area contributed by atoms with Crippen LogP contribution in [0.15, 0.2) is 11.4 Å². The molecule has 0 bridgehead atoms. The van der Waals surface area contributed by atoms with Crippen molar-refractivity contribution in [3.63, 3.8) is 0 Å².